The van der Waals surface area contributed by atoms with Crippen molar-refractivity contribution in [3.8, 4) is 0 Å². The lowest BCUT2D eigenvalue weighted by Gasteiger charge is -2.58. The van der Waals surface area contributed by atoms with Crippen LogP contribution in [0.4, 0.5) is 0 Å². The molecular weight excluding hydrogens is 328 g/mol. The molecule has 0 bridgehead atoms. The lowest BCUT2D eigenvalue weighted by atomic mass is 10.1. The standard InChI is InChI=1S/C17H28N2O6/c1-20-15-13-18(12-14-10-8-7-9-11-14)16(21-2,22-3)17(23-4,24-5)19(15)25-6/h7-11,15H,12-13H2,1-6H3. The van der Waals surface area contributed by atoms with E-state index >= 15 is 0 Å². The van der Waals surface area contributed by atoms with Crippen LogP contribution >= 0.6 is 0 Å². The van der Waals surface area contributed by atoms with E-state index in [4.69, 9.17) is 28.5 Å². The highest BCUT2D eigenvalue weighted by atomic mass is 16.9. The number of methoxy groups -OCH3 is 5. The summed E-state index contributed by atoms with van der Waals surface area (Å²) < 4.78 is 28.7. The molecule has 1 fully saturated rings. The Morgan fingerprint density at radius 1 is 0.880 bits per heavy atom. The number of hydroxylamine groups is 2. The first-order valence-electron chi connectivity index (χ1n) is 7.94. The molecule has 0 saturated carbocycles. The van der Waals surface area contributed by atoms with Gasteiger partial charge in [-0.25, -0.2) is 4.90 Å². The fourth-order valence-corrected chi connectivity index (χ4v) is 3.41. The molecule has 1 aliphatic rings. The van der Waals surface area contributed by atoms with Gasteiger partial charge in [-0.2, -0.15) is 0 Å². The number of ether oxygens (including phenoxy) is 5. The van der Waals surface area contributed by atoms with Crippen molar-refractivity contribution in [2.45, 2.75) is 24.6 Å². The summed E-state index contributed by atoms with van der Waals surface area (Å²) in [5, 5.41) is 1.46. The molecule has 1 aromatic rings. The van der Waals surface area contributed by atoms with Gasteiger partial charge in [0.1, 0.15) is 0 Å². The van der Waals surface area contributed by atoms with Crippen LogP contribution in [0.2, 0.25) is 0 Å². The highest BCUT2D eigenvalue weighted by molar-refractivity contribution is 5.15. The van der Waals surface area contributed by atoms with Crippen LogP contribution in [0.25, 0.3) is 0 Å². The van der Waals surface area contributed by atoms with E-state index in [2.05, 4.69) is 0 Å². The molecule has 1 aliphatic heterocycles. The topological polar surface area (TPSA) is 61.9 Å². The molecule has 1 heterocycles. The van der Waals surface area contributed by atoms with Crippen LogP contribution in [0.5, 0.6) is 0 Å². The van der Waals surface area contributed by atoms with Gasteiger partial charge >= 0.3 is 11.8 Å². The molecule has 1 atom stereocenters. The molecular formula is C17H28N2O6. The van der Waals surface area contributed by atoms with Crippen LogP contribution in [-0.2, 0) is 35.1 Å². The summed E-state index contributed by atoms with van der Waals surface area (Å²) in [6.45, 7) is 0.976. The maximum atomic E-state index is 5.81. The summed E-state index contributed by atoms with van der Waals surface area (Å²) in [5.74, 6) is -2.91. The normalized spacial score (nSPS) is 23.7. The molecule has 0 radical (unpaired) electrons. The average Bonchev–Trinajstić information content (AvgIpc) is 2.67. The van der Waals surface area contributed by atoms with Crippen molar-refractivity contribution in [3.05, 3.63) is 35.9 Å². The zero-order valence-electron chi connectivity index (χ0n) is 15.7. The van der Waals surface area contributed by atoms with Gasteiger partial charge in [0.05, 0.1) is 7.11 Å². The lowest BCUT2D eigenvalue weighted by molar-refractivity contribution is -0.554. The van der Waals surface area contributed by atoms with Gasteiger partial charge in [0.25, 0.3) is 0 Å². The molecule has 8 heteroatoms. The molecule has 25 heavy (non-hydrogen) atoms. The minimum atomic E-state index is -1.51. The first-order valence-corrected chi connectivity index (χ1v) is 7.94. The smallest absolute Gasteiger partial charge is 0.327 e. The van der Waals surface area contributed by atoms with Crippen LogP contribution in [0.15, 0.2) is 30.3 Å². The Kier molecular flexibility index (Phi) is 6.89. The van der Waals surface area contributed by atoms with Crippen molar-refractivity contribution in [3.63, 3.8) is 0 Å². The quantitative estimate of drug-likeness (QED) is 0.645. The van der Waals surface area contributed by atoms with E-state index in [1.165, 1.54) is 40.6 Å². The highest BCUT2D eigenvalue weighted by Crippen LogP contribution is 2.43. The predicted molar refractivity (Wildman–Crippen MR) is 90.0 cm³/mol. The van der Waals surface area contributed by atoms with Crippen molar-refractivity contribution < 1.29 is 28.5 Å². The fraction of sp³-hybridized carbons (Fsp3) is 0.647. The zero-order valence-corrected chi connectivity index (χ0v) is 15.7. The molecule has 0 amide bonds. The molecule has 0 spiro atoms. The number of hydrogen-bond donors (Lipinski definition) is 0. The molecule has 1 unspecified atom stereocenters. The SMILES string of the molecule is COC1CN(Cc2ccccc2)C(OC)(OC)C(OC)(OC)N1OC. The lowest BCUT2D eigenvalue weighted by Crippen LogP contribution is -2.80. The Bertz CT molecular complexity index is 521. The monoisotopic (exact) mass is 356 g/mol. The summed E-state index contributed by atoms with van der Waals surface area (Å²) in [7, 11) is 9.19. The van der Waals surface area contributed by atoms with E-state index in [0.29, 0.717) is 13.1 Å². The maximum Gasteiger partial charge on any atom is 0.327 e. The van der Waals surface area contributed by atoms with Gasteiger partial charge in [0, 0.05) is 48.6 Å². The first-order chi connectivity index (χ1) is 12.1. The van der Waals surface area contributed by atoms with Crippen LogP contribution in [0.1, 0.15) is 5.56 Å². The predicted octanol–water partition coefficient (Wildman–Crippen LogP) is 1.23. The summed E-state index contributed by atoms with van der Waals surface area (Å²) in [4.78, 5) is 7.48. The summed E-state index contributed by atoms with van der Waals surface area (Å²) in [6.07, 6.45) is -0.466. The molecule has 1 aromatic carbocycles. The second-order valence-electron chi connectivity index (χ2n) is 5.55. The molecule has 1 saturated heterocycles. The number of hydrogen-bond acceptors (Lipinski definition) is 8. The molecule has 2 rings (SSSR count). The highest BCUT2D eigenvalue weighted by Gasteiger charge is 2.68. The third-order valence-corrected chi connectivity index (χ3v) is 4.54. The van der Waals surface area contributed by atoms with Crippen LogP contribution in [-0.4, -0.2) is 77.2 Å². The van der Waals surface area contributed by atoms with E-state index < -0.39 is 18.0 Å². The van der Waals surface area contributed by atoms with E-state index in [0.717, 1.165) is 5.56 Å². The van der Waals surface area contributed by atoms with Crippen molar-refractivity contribution >= 4 is 0 Å². The van der Waals surface area contributed by atoms with Gasteiger partial charge in [0.2, 0.25) is 0 Å². The fourth-order valence-electron chi connectivity index (χ4n) is 3.41. The van der Waals surface area contributed by atoms with Gasteiger partial charge in [-0.3, -0.25) is 4.84 Å². The number of benzene rings is 1. The van der Waals surface area contributed by atoms with Gasteiger partial charge < -0.3 is 23.7 Å². The van der Waals surface area contributed by atoms with Gasteiger partial charge in [0.15, 0.2) is 6.23 Å². The first kappa shape index (κ1) is 20.2. The van der Waals surface area contributed by atoms with Crippen molar-refractivity contribution in [2.24, 2.45) is 0 Å². The number of rotatable bonds is 8. The maximum absolute atomic E-state index is 5.81. The minimum absolute atomic E-state index is 0.440. The van der Waals surface area contributed by atoms with Crippen molar-refractivity contribution in [2.75, 3.05) is 49.2 Å². The summed E-state index contributed by atoms with van der Waals surface area (Å²) >= 11 is 0. The molecule has 0 N–H and O–H groups in total. The van der Waals surface area contributed by atoms with Crippen LogP contribution in [0.3, 0.4) is 0 Å². The molecule has 0 aliphatic carbocycles. The van der Waals surface area contributed by atoms with Gasteiger partial charge in [-0.1, -0.05) is 35.4 Å². The third-order valence-electron chi connectivity index (χ3n) is 4.54. The van der Waals surface area contributed by atoms with E-state index in [9.17, 15) is 0 Å². The number of nitrogens with zero attached hydrogens (tertiary/aromatic N) is 2. The van der Waals surface area contributed by atoms with Crippen LogP contribution < -0.4 is 0 Å². The van der Waals surface area contributed by atoms with Gasteiger partial charge in [-0.15, -0.1) is 0 Å². The van der Waals surface area contributed by atoms with E-state index in [-0.39, 0.29) is 0 Å². The second-order valence-corrected chi connectivity index (χ2v) is 5.55. The Labute approximate surface area is 149 Å². The zero-order chi connectivity index (χ0) is 18.5. The largest absolute Gasteiger partial charge is 0.363 e. The van der Waals surface area contributed by atoms with E-state index in [1.807, 2.05) is 35.2 Å². The number of piperazine rings is 1. The Morgan fingerprint density at radius 3 is 1.88 bits per heavy atom. The van der Waals surface area contributed by atoms with Gasteiger partial charge in [-0.05, 0) is 5.56 Å². The molecule has 142 valence electrons. The second kappa shape index (κ2) is 8.52. The minimum Gasteiger partial charge on any atom is -0.363 e. The summed E-state index contributed by atoms with van der Waals surface area (Å²) in [6, 6.07) is 9.99. The Morgan fingerprint density at radius 2 is 1.44 bits per heavy atom. The van der Waals surface area contributed by atoms with E-state index in [1.54, 1.807) is 7.11 Å². The Balaban J connectivity index is 2.53. The average molecular weight is 356 g/mol. The molecule has 0 aromatic heterocycles. The van der Waals surface area contributed by atoms with Crippen molar-refractivity contribution in [1.82, 2.24) is 9.96 Å². The molecule has 8 nitrogen and oxygen atoms in total. The third kappa shape index (κ3) is 3.20. The van der Waals surface area contributed by atoms with Crippen molar-refractivity contribution in [1.29, 1.82) is 0 Å². The van der Waals surface area contributed by atoms with Crippen LogP contribution in [0, 0.1) is 0 Å². The summed E-state index contributed by atoms with van der Waals surface area (Å²) in [5.41, 5.74) is 1.09. The Hall–Kier alpha value is -1.10.